The molecule has 4 rings (SSSR count). The number of ether oxygens (including phenoxy) is 1. The first-order chi connectivity index (χ1) is 13.1. The molecule has 2 atom stereocenters. The number of amides is 2. The second-order valence-corrected chi connectivity index (χ2v) is 8.22. The van der Waals surface area contributed by atoms with Crippen molar-refractivity contribution < 1.29 is 14.3 Å². The standard InChI is InChI=1S/C21H22N2O3S/c1-3-27-18-10-11-23-19(18)20(24)22-17-9-6-14(12-16(17)21(23)25)13-4-7-15(26-2)8-5-13/h4-9,12,18-19H,3,10-11H2,1-2H3,(H,22,24)/t18-,19-/m0/s1. The minimum Gasteiger partial charge on any atom is -0.497 e. The Balaban J connectivity index is 1.70. The predicted octanol–water partition coefficient (Wildman–Crippen LogP) is 3.65. The maximum atomic E-state index is 13.2. The van der Waals surface area contributed by atoms with E-state index in [-0.39, 0.29) is 23.1 Å². The Morgan fingerprint density at radius 1 is 1.15 bits per heavy atom. The van der Waals surface area contributed by atoms with Gasteiger partial charge in [-0.05, 0) is 47.6 Å². The van der Waals surface area contributed by atoms with E-state index in [1.165, 1.54) is 0 Å². The number of hydrogen-bond donors (Lipinski definition) is 1. The first kappa shape index (κ1) is 17.9. The van der Waals surface area contributed by atoms with Crippen molar-refractivity contribution in [2.45, 2.75) is 24.6 Å². The lowest BCUT2D eigenvalue weighted by atomic mass is 10.0. The highest BCUT2D eigenvalue weighted by Gasteiger charge is 2.44. The van der Waals surface area contributed by atoms with E-state index in [1.54, 1.807) is 23.8 Å². The van der Waals surface area contributed by atoms with Crippen molar-refractivity contribution in [3.63, 3.8) is 0 Å². The molecule has 6 heteroatoms. The Kier molecular flexibility index (Phi) is 4.83. The number of anilines is 1. The molecule has 0 spiro atoms. The van der Waals surface area contributed by atoms with Gasteiger partial charge in [0.05, 0.1) is 18.4 Å². The molecular weight excluding hydrogens is 360 g/mol. The van der Waals surface area contributed by atoms with Crippen molar-refractivity contribution >= 4 is 29.3 Å². The van der Waals surface area contributed by atoms with E-state index in [0.29, 0.717) is 17.8 Å². The van der Waals surface area contributed by atoms with Crippen LogP contribution >= 0.6 is 11.8 Å². The SMILES string of the molecule is CCS[C@H]1CCN2C(=O)c3cc(-c4ccc(OC)cc4)ccc3NC(=O)[C@H]12. The highest BCUT2D eigenvalue weighted by Crippen LogP contribution is 2.36. The molecule has 2 aliphatic rings. The molecule has 0 aromatic heterocycles. The highest BCUT2D eigenvalue weighted by atomic mass is 32.2. The van der Waals surface area contributed by atoms with Gasteiger partial charge in [0.1, 0.15) is 11.8 Å². The van der Waals surface area contributed by atoms with Crippen molar-refractivity contribution in [1.82, 2.24) is 4.90 Å². The van der Waals surface area contributed by atoms with E-state index in [9.17, 15) is 9.59 Å². The first-order valence-corrected chi connectivity index (χ1v) is 10.2. The van der Waals surface area contributed by atoms with Gasteiger partial charge in [-0.15, -0.1) is 0 Å². The molecule has 2 aliphatic heterocycles. The molecule has 2 amide bonds. The van der Waals surface area contributed by atoms with Crippen LogP contribution in [0.4, 0.5) is 5.69 Å². The minimum absolute atomic E-state index is 0.0667. The lowest BCUT2D eigenvalue weighted by molar-refractivity contribution is -0.119. The lowest BCUT2D eigenvalue weighted by Crippen LogP contribution is -2.44. The first-order valence-electron chi connectivity index (χ1n) is 9.14. The third-order valence-electron chi connectivity index (χ3n) is 5.18. The molecule has 140 valence electrons. The number of carbonyl (C=O) groups is 2. The summed E-state index contributed by atoms with van der Waals surface area (Å²) in [5.41, 5.74) is 3.09. The van der Waals surface area contributed by atoms with Crippen LogP contribution in [0.3, 0.4) is 0 Å². The summed E-state index contributed by atoms with van der Waals surface area (Å²) in [5.74, 6) is 1.58. The molecule has 5 nitrogen and oxygen atoms in total. The zero-order valence-electron chi connectivity index (χ0n) is 15.4. The number of methoxy groups -OCH3 is 1. The number of benzene rings is 2. The van der Waals surface area contributed by atoms with E-state index >= 15 is 0 Å². The Morgan fingerprint density at radius 3 is 2.59 bits per heavy atom. The lowest BCUT2D eigenvalue weighted by Gasteiger charge is -2.23. The second kappa shape index (κ2) is 7.27. The van der Waals surface area contributed by atoms with Gasteiger partial charge in [0, 0.05) is 11.8 Å². The average molecular weight is 382 g/mol. The largest absolute Gasteiger partial charge is 0.497 e. The molecule has 0 bridgehead atoms. The summed E-state index contributed by atoms with van der Waals surface area (Å²) in [6.07, 6.45) is 0.857. The summed E-state index contributed by atoms with van der Waals surface area (Å²) >= 11 is 1.76. The van der Waals surface area contributed by atoms with Crippen molar-refractivity contribution in [1.29, 1.82) is 0 Å². The van der Waals surface area contributed by atoms with E-state index < -0.39 is 0 Å². The van der Waals surface area contributed by atoms with Crippen LogP contribution in [0, 0.1) is 0 Å². The van der Waals surface area contributed by atoms with Crippen LogP contribution in [0.2, 0.25) is 0 Å². The number of rotatable bonds is 4. The van der Waals surface area contributed by atoms with Gasteiger partial charge in [0.15, 0.2) is 0 Å². The van der Waals surface area contributed by atoms with Crippen molar-refractivity contribution in [2.24, 2.45) is 0 Å². The van der Waals surface area contributed by atoms with Gasteiger partial charge in [-0.3, -0.25) is 9.59 Å². The minimum atomic E-state index is -0.390. The molecule has 2 aromatic rings. The van der Waals surface area contributed by atoms with Gasteiger partial charge in [-0.25, -0.2) is 0 Å². The van der Waals surface area contributed by atoms with Gasteiger partial charge in [-0.1, -0.05) is 25.1 Å². The Morgan fingerprint density at radius 2 is 1.89 bits per heavy atom. The fraction of sp³-hybridized carbons (Fsp3) is 0.333. The topological polar surface area (TPSA) is 58.6 Å². The molecule has 0 saturated carbocycles. The number of nitrogens with one attached hydrogen (secondary N) is 1. The van der Waals surface area contributed by atoms with Crippen molar-refractivity contribution in [3.05, 3.63) is 48.0 Å². The van der Waals surface area contributed by atoms with Crippen LogP contribution in [-0.2, 0) is 4.79 Å². The van der Waals surface area contributed by atoms with Gasteiger partial charge >= 0.3 is 0 Å². The monoisotopic (exact) mass is 382 g/mol. The van der Waals surface area contributed by atoms with E-state index in [1.807, 2.05) is 42.5 Å². The zero-order valence-corrected chi connectivity index (χ0v) is 16.2. The van der Waals surface area contributed by atoms with E-state index in [2.05, 4.69) is 12.2 Å². The van der Waals surface area contributed by atoms with Gasteiger partial charge < -0.3 is 15.0 Å². The van der Waals surface area contributed by atoms with Crippen molar-refractivity contribution in [2.75, 3.05) is 24.7 Å². The summed E-state index contributed by atoms with van der Waals surface area (Å²) in [6, 6.07) is 13.0. The van der Waals surface area contributed by atoms with Crippen LogP contribution in [-0.4, -0.2) is 47.4 Å². The molecule has 0 unspecified atom stereocenters. The molecule has 1 fully saturated rings. The smallest absolute Gasteiger partial charge is 0.256 e. The number of hydrogen-bond acceptors (Lipinski definition) is 4. The molecule has 2 heterocycles. The summed E-state index contributed by atoms with van der Waals surface area (Å²) in [4.78, 5) is 27.7. The van der Waals surface area contributed by atoms with E-state index in [4.69, 9.17) is 4.74 Å². The molecule has 0 radical (unpaired) electrons. The number of carbonyl (C=O) groups excluding carboxylic acids is 2. The third kappa shape index (κ3) is 3.18. The molecule has 2 aromatic carbocycles. The quantitative estimate of drug-likeness (QED) is 0.877. The Labute approximate surface area is 163 Å². The summed E-state index contributed by atoms with van der Waals surface area (Å²) < 4.78 is 5.21. The molecule has 1 N–H and O–H groups in total. The van der Waals surface area contributed by atoms with Crippen molar-refractivity contribution in [3.8, 4) is 16.9 Å². The van der Waals surface area contributed by atoms with Gasteiger partial charge in [-0.2, -0.15) is 11.8 Å². The van der Waals surface area contributed by atoms with Crippen LogP contribution in [0.5, 0.6) is 5.75 Å². The molecular formula is C21H22N2O3S. The van der Waals surface area contributed by atoms with Crippen LogP contribution in [0.25, 0.3) is 11.1 Å². The zero-order chi connectivity index (χ0) is 19.0. The van der Waals surface area contributed by atoms with Gasteiger partial charge in [0.25, 0.3) is 5.91 Å². The van der Waals surface area contributed by atoms with Crippen LogP contribution in [0.1, 0.15) is 23.7 Å². The predicted molar refractivity (Wildman–Crippen MR) is 108 cm³/mol. The normalized spacial score (nSPS) is 21.3. The summed E-state index contributed by atoms with van der Waals surface area (Å²) in [6.45, 7) is 2.71. The highest BCUT2D eigenvalue weighted by molar-refractivity contribution is 7.99. The maximum absolute atomic E-state index is 13.2. The fourth-order valence-electron chi connectivity index (χ4n) is 3.85. The molecule has 0 aliphatic carbocycles. The number of fused-ring (bicyclic) bond motifs is 2. The average Bonchev–Trinajstić information content (AvgIpc) is 3.07. The summed E-state index contributed by atoms with van der Waals surface area (Å²) in [7, 11) is 1.63. The number of nitrogens with zero attached hydrogens (tertiary/aromatic N) is 1. The fourth-order valence-corrected chi connectivity index (χ4v) is 5.00. The molecule has 27 heavy (non-hydrogen) atoms. The van der Waals surface area contributed by atoms with Gasteiger partial charge in [0.2, 0.25) is 5.91 Å². The number of thioether (sulfide) groups is 1. The molecule has 1 saturated heterocycles. The third-order valence-corrected chi connectivity index (χ3v) is 6.44. The summed E-state index contributed by atoms with van der Waals surface area (Å²) in [5, 5.41) is 3.14. The van der Waals surface area contributed by atoms with Crippen LogP contribution in [0.15, 0.2) is 42.5 Å². The maximum Gasteiger partial charge on any atom is 0.256 e. The van der Waals surface area contributed by atoms with Crippen LogP contribution < -0.4 is 10.1 Å². The van der Waals surface area contributed by atoms with E-state index in [0.717, 1.165) is 29.1 Å². The Bertz CT molecular complexity index is 881. The Hall–Kier alpha value is -2.47. The second-order valence-electron chi connectivity index (χ2n) is 6.70.